The molecule has 1 atom stereocenters. The van der Waals surface area contributed by atoms with Gasteiger partial charge in [-0.15, -0.1) is 10.2 Å². The number of nitriles is 1. The zero-order valence-corrected chi connectivity index (χ0v) is 14.3. The number of thioether (sulfide) groups is 1. The maximum absolute atomic E-state index is 12.1. The average Bonchev–Trinajstić information content (AvgIpc) is 3.14. The monoisotopic (exact) mass is 333 g/mol. The van der Waals surface area contributed by atoms with E-state index in [2.05, 4.69) is 21.6 Å². The van der Waals surface area contributed by atoms with Crippen molar-refractivity contribution in [3.05, 3.63) is 18.4 Å². The Bertz CT molecular complexity index is 717. The summed E-state index contributed by atoms with van der Waals surface area (Å²) in [6.45, 7) is 5.52. The van der Waals surface area contributed by atoms with Crippen LogP contribution < -0.4 is 5.32 Å². The molecule has 0 spiro atoms. The average molecular weight is 333 g/mol. The van der Waals surface area contributed by atoms with E-state index in [9.17, 15) is 10.1 Å². The van der Waals surface area contributed by atoms with Gasteiger partial charge in [0.15, 0.2) is 16.7 Å². The fourth-order valence-electron chi connectivity index (χ4n) is 1.82. The molecule has 0 aliphatic heterocycles. The number of carbonyl (C=O) groups is 1. The van der Waals surface area contributed by atoms with E-state index in [0.29, 0.717) is 16.7 Å². The van der Waals surface area contributed by atoms with Gasteiger partial charge in [-0.2, -0.15) is 5.26 Å². The van der Waals surface area contributed by atoms with Gasteiger partial charge in [0.2, 0.25) is 5.91 Å². The number of furan rings is 1. The molecule has 8 heteroatoms. The van der Waals surface area contributed by atoms with E-state index in [1.54, 1.807) is 29.9 Å². The van der Waals surface area contributed by atoms with E-state index in [0.717, 1.165) is 0 Å². The van der Waals surface area contributed by atoms with Gasteiger partial charge in [0, 0.05) is 7.05 Å². The molecule has 0 aliphatic carbocycles. The first kappa shape index (κ1) is 17.1. The standard InChI is InChI=1S/C15H19N5O2S/c1-10(2)15(3,9-16)17-12(21)8-23-14-19-18-13(20(14)4)11-6-5-7-22-11/h5-7,10H,8H2,1-4H3,(H,17,21)/t15-/m0/s1. The first-order valence-electron chi connectivity index (χ1n) is 7.15. The van der Waals surface area contributed by atoms with Crippen molar-refractivity contribution in [3.63, 3.8) is 0 Å². The Kier molecular flexibility index (Phi) is 5.11. The van der Waals surface area contributed by atoms with Crippen LogP contribution in [0.25, 0.3) is 11.6 Å². The quantitative estimate of drug-likeness (QED) is 0.814. The molecule has 1 amide bonds. The second-order valence-electron chi connectivity index (χ2n) is 5.65. The molecule has 2 aromatic rings. The van der Waals surface area contributed by atoms with Gasteiger partial charge in [-0.05, 0) is 25.0 Å². The molecular formula is C15H19N5O2S. The van der Waals surface area contributed by atoms with Gasteiger partial charge >= 0.3 is 0 Å². The molecule has 0 saturated heterocycles. The minimum absolute atomic E-state index is 0.0156. The minimum Gasteiger partial charge on any atom is -0.461 e. The van der Waals surface area contributed by atoms with Gasteiger partial charge in [-0.25, -0.2) is 0 Å². The van der Waals surface area contributed by atoms with Crippen LogP contribution in [0.2, 0.25) is 0 Å². The van der Waals surface area contributed by atoms with Gasteiger partial charge in [0.25, 0.3) is 0 Å². The summed E-state index contributed by atoms with van der Waals surface area (Å²) in [5.74, 6) is 1.18. The lowest BCUT2D eigenvalue weighted by atomic mass is 9.90. The van der Waals surface area contributed by atoms with Crippen molar-refractivity contribution in [2.75, 3.05) is 5.75 Å². The Morgan fingerprint density at radius 2 is 2.30 bits per heavy atom. The SMILES string of the molecule is CC(C)[C@](C)(C#N)NC(=O)CSc1nnc(-c2ccco2)n1C. The molecule has 0 aliphatic rings. The smallest absolute Gasteiger partial charge is 0.231 e. The lowest BCUT2D eigenvalue weighted by molar-refractivity contribution is -0.120. The second kappa shape index (κ2) is 6.87. The fraction of sp³-hybridized carbons (Fsp3) is 0.467. The third-order valence-electron chi connectivity index (χ3n) is 3.69. The topological polar surface area (TPSA) is 96.7 Å². The van der Waals surface area contributed by atoms with Crippen molar-refractivity contribution in [2.45, 2.75) is 31.5 Å². The van der Waals surface area contributed by atoms with E-state index in [-0.39, 0.29) is 17.6 Å². The number of nitrogens with zero attached hydrogens (tertiary/aromatic N) is 4. The number of amides is 1. The molecule has 0 unspecified atom stereocenters. The molecular weight excluding hydrogens is 314 g/mol. The predicted molar refractivity (Wildman–Crippen MR) is 86.4 cm³/mol. The van der Waals surface area contributed by atoms with Gasteiger partial charge in [-0.3, -0.25) is 4.79 Å². The largest absolute Gasteiger partial charge is 0.461 e. The Morgan fingerprint density at radius 3 is 2.87 bits per heavy atom. The molecule has 2 heterocycles. The highest BCUT2D eigenvalue weighted by molar-refractivity contribution is 7.99. The molecule has 0 fully saturated rings. The normalized spacial score (nSPS) is 13.6. The summed E-state index contributed by atoms with van der Waals surface area (Å²) >= 11 is 1.26. The van der Waals surface area contributed by atoms with Crippen LogP contribution in [0.1, 0.15) is 20.8 Å². The summed E-state index contributed by atoms with van der Waals surface area (Å²) in [4.78, 5) is 12.1. The highest BCUT2D eigenvalue weighted by Crippen LogP contribution is 2.23. The van der Waals surface area contributed by atoms with Crippen LogP contribution >= 0.6 is 11.8 Å². The summed E-state index contributed by atoms with van der Waals surface area (Å²) in [6.07, 6.45) is 1.57. The molecule has 0 aromatic carbocycles. The molecule has 0 saturated carbocycles. The van der Waals surface area contributed by atoms with E-state index >= 15 is 0 Å². The highest BCUT2D eigenvalue weighted by atomic mass is 32.2. The van der Waals surface area contributed by atoms with Crippen molar-refractivity contribution in [2.24, 2.45) is 13.0 Å². The summed E-state index contributed by atoms with van der Waals surface area (Å²) in [5, 5.41) is 20.7. The van der Waals surface area contributed by atoms with Crippen LogP contribution in [0.15, 0.2) is 28.0 Å². The van der Waals surface area contributed by atoms with Crippen LogP contribution in [-0.4, -0.2) is 32.0 Å². The Labute approximate surface area is 139 Å². The van der Waals surface area contributed by atoms with E-state index in [4.69, 9.17) is 4.42 Å². The van der Waals surface area contributed by atoms with E-state index in [1.165, 1.54) is 11.8 Å². The Hall–Kier alpha value is -2.27. The van der Waals surface area contributed by atoms with E-state index < -0.39 is 5.54 Å². The Morgan fingerprint density at radius 1 is 1.57 bits per heavy atom. The summed E-state index contributed by atoms with van der Waals surface area (Å²) in [7, 11) is 1.81. The predicted octanol–water partition coefficient (Wildman–Crippen LogP) is 2.22. The molecule has 7 nitrogen and oxygen atoms in total. The van der Waals surface area contributed by atoms with Crippen LogP contribution in [-0.2, 0) is 11.8 Å². The first-order valence-corrected chi connectivity index (χ1v) is 8.14. The second-order valence-corrected chi connectivity index (χ2v) is 6.59. The third kappa shape index (κ3) is 3.74. The molecule has 2 aromatic heterocycles. The highest BCUT2D eigenvalue weighted by Gasteiger charge is 2.30. The Balaban J connectivity index is 1.99. The molecule has 0 bridgehead atoms. The van der Waals surface area contributed by atoms with Crippen LogP contribution in [0.5, 0.6) is 0 Å². The number of carbonyl (C=O) groups excluding carboxylic acids is 1. The fourth-order valence-corrected chi connectivity index (χ4v) is 2.53. The molecule has 2 rings (SSSR count). The molecule has 23 heavy (non-hydrogen) atoms. The minimum atomic E-state index is -0.878. The number of aromatic nitrogens is 3. The molecule has 1 N–H and O–H groups in total. The maximum atomic E-state index is 12.1. The zero-order chi connectivity index (χ0) is 17.0. The lowest BCUT2D eigenvalue weighted by Crippen LogP contribution is -2.49. The maximum Gasteiger partial charge on any atom is 0.231 e. The number of hydrogen-bond acceptors (Lipinski definition) is 6. The summed E-state index contributed by atoms with van der Waals surface area (Å²) in [6, 6.07) is 5.73. The lowest BCUT2D eigenvalue weighted by Gasteiger charge is -2.27. The first-order chi connectivity index (χ1) is 10.9. The van der Waals surface area contributed by atoms with Gasteiger partial charge in [-0.1, -0.05) is 25.6 Å². The van der Waals surface area contributed by atoms with Gasteiger partial charge < -0.3 is 14.3 Å². The number of hydrogen-bond donors (Lipinski definition) is 1. The van der Waals surface area contributed by atoms with Gasteiger partial charge in [0.05, 0.1) is 18.1 Å². The summed E-state index contributed by atoms with van der Waals surface area (Å²) in [5.41, 5.74) is -0.878. The summed E-state index contributed by atoms with van der Waals surface area (Å²) < 4.78 is 7.06. The van der Waals surface area contributed by atoms with Crippen molar-refractivity contribution in [1.29, 1.82) is 5.26 Å². The number of rotatable bonds is 6. The van der Waals surface area contributed by atoms with Crippen LogP contribution in [0, 0.1) is 17.2 Å². The van der Waals surface area contributed by atoms with Crippen molar-refractivity contribution < 1.29 is 9.21 Å². The van der Waals surface area contributed by atoms with Crippen LogP contribution in [0.3, 0.4) is 0 Å². The van der Waals surface area contributed by atoms with E-state index in [1.807, 2.05) is 20.9 Å². The zero-order valence-electron chi connectivity index (χ0n) is 13.5. The van der Waals surface area contributed by atoms with Crippen molar-refractivity contribution >= 4 is 17.7 Å². The third-order valence-corrected chi connectivity index (χ3v) is 4.72. The van der Waals surface area contributed by atoms with Crippen molar-refractivity contribution in [3.8, 4) is 17.7 Å². The van der Waals surface area contributed by atoms with Gasteiger partial charge in [0.1, 0.15) is 5.54 Å². The van der Waals surface area contributed by atoms with Crippen molar-refractivity contribution in [1.82, 2.24) is 20.1 Å². The molecule has 122 valence electrons. The number of nitrogens with one attached hydrogen (secondary N) is 1. The van der Waals surface area contributed by atoms with Crippen LogP contribution in [0.4, 0.5) is 0 Å². The molecule has 0 radical (unpaired) electrons.